The third kappa shape index (κ3) is 8.15. The first-order valence-electron chi connectivity index (χ1n) is 15.0. The van der Waals surface area contributed by atoms with E-state index in [0.717, 1.165) is 45.0 Å². The Hall–Kier alpha value is -3.87. The van der Waals surface area contributed by atoms with Crippen LogP contribution in [-0.4, -0.2) is 89.1 Å². The van der Waals surface area contributed by atoms with Crippen LogP contribution in [0.2, 0.25) is 0 Å². The van der Waals surface area contributed by atoms with Gasteiger partial charge in [-0.15, -0.1) is 0 Å². The Morgan fingerprint density at radius 3 is 2.37 bits per heavy atom. The first kappa shape index (κ1) is 32.1. The largest absolute Gasteiger partial charge is 0.344 e. The standard InChI is InChI=1S/C30H42FN7O5/c1-5-25(39)34-26(30(42)38-14-12-37(4)13-15-38)19(3)21-10-11-23(22(31)16-21)33-29(41)27(20-8-6-18(2)7-9-20)35-28(40)24-17-32-43-36-24/h10-11,16-20,26-27H,5-9,12-15H2,1-4H3,(H,33,41)(H,34,39)(H,35,40)/t18-,19-,20-,26+,27-/m0/s1. The molecule has 1 aromatic carbocycles. The van der Waals surface area contributed by atoms with Crippen LogP contribution in [0.15, 0.2) is 29.0 Å². The quantitative estimate of drug-likeness (QED) is 0.377. The highest BCUT2D eigenvalue weighted by Gasteiger charge is 2.35. The van der Waals surface area contributed by atoms with Gasteiger partial charge in [-0.1, -0.05) is 44.8 Å². The molecule has 0 bridgehead atoms. The van der Waals surface area contributed by atoms with E-state index in [9.17, 15) is 19.2 Å². The van der Waals surface area contributed by atoms with E-state index in [-0.39, 0.29) is 35.5 Å². The number of carbonyl (C=O) groups excluding carboxylic acids is 4. The second kappa shape index (κ2) is 14.5. The molecule has 1 saturated carbocycles. The topological polar surface area (TPSA) is 150 Å². The molecule has 13 heteroatoms. The maximum absolute atomic E-state index is 15.5. The summed E-state index contributed by atoms with van der Waals surface area (Å²) in [5.41, 5.74) is 0.401. The number of halogens is 1. The molecule has 1 aliphatic carbocycles. The zero-order valence-corrected chi connectivity index (χ0v) is 25.3. The van der Waals surface area contributed by atoms with Gasteiger partial charge in [-0.25, -0.2) is 9.02 Å². The summed E-state index contributed by atoms with van der Waals surface area (Å²) in [6.45, 7) is 8.19. The van der Waals surface area contributed by atoms with Gasteiger partial charge in [-0.2, -0.15) is 0 Å². The average molecular weight is 600 g/mol. The molecular formula is C30H42FN7O5. The molecule has 1 saturated heterocycles. The van der Waals surface area contributed by atoms with Gasteiger partial charge in [0.25, 0.3) is 5.91 Å². The Balaban J connectivity index is 1.50. The zero-order valence-electron chi connectivity index (χ0n) is 25.3. The summed E-state index contributed by atoms with van der Waals surface area (Å²) in [6.07, 6.45) is 4.68. The fourth-order valence-corrected chi connectivity index (χ4v) is 5.72. The van der Waals surface area contributed by atoms with E-state index in [1.54, 1.807) is 24.8 Å². The van der Waals surface area contributed by atoms with E-state index in [0.29, 0.717) is 24.6 Å². The highest BCUT2D eigenvalue weighted by Crippen LogP contribution is 2.32. The summed E-state index contributed by atoms with van der Waals surface area (Å²) in [4.78, 5) is 55.9. The minimum Gasteiger partial charge on any atom is -0.344 e. The number of hydrogen-bond donors (Lipinski definition) is 3. The van der Waals surface area contributed by atoms with E-state index < -0.39 is 35.6 Å². The molecule has 0 spiro atoms. The molecule has 4 rings (SSSR count). The number of rotatable bonds is 10. The maximum Gasteiger partial charge on any atom is 0.275 e. The lowest BCUT2D eigenvalue weighted by Gasteiger charge is -2.36. The van der Waals surface area contributed by atoms with Crippen LogP contribution >= 0.6 is 0 Å². The number of amides is 4. The van der Waals surface area contributed by atoms with Gasteiger partial charge < -0.3 is 25.8 Å². The number of likely N-dealkylation sites (N-methyl/N-ethyl adjacent to an activating group) is 1. The highest BCUT2D eigenvalue weighted by molar-refractivity contribution is 6.00. The number of anilines is 1. The Morgan fingerprint density at radius 1 is 1.07 bits per heavy atom. The van der Waals surface area contributed by atoms with Crippen molar-refractivity contribution in [1.82, 2.24) is 30.7 Å². The Morgan fingerprint density at radius 2 is 1.77 bits per heavy atom. The highest BCUT2D eigenvalue weighted by atomic mass is 19.1. The second-order valence-electron chi connectivity index (χ2n) is 11.8. The van der Waals surface area contributed by atoms with Crippen molar-refractivity contribution in [2.75, 3.05) is 38.5 Å². The maximum atomic E-state index is 15.5. The minimum atomic E-state index is -0.912. The fraction of sp³-hybridized carbons (Fsp3) is 0.600. The van der Waals surface area contributed by atoms with Gasteiger partial charge in [0.15, 0.2) is 5.69 Å². The number of hydrogen-bond acceptors (Lipinski definition) is 8. The van der Waals surface area contributed by atoms with Crippen molar-refractivity contribution >= 4 is 29.3 Å². The van der Waals surface area contributed by atoms with Crippen LogP contribution in [0, 0.1) is 17.7 Å². The predicted octanol–water partition coefficient (Wildman–Crippen LogP) is 2.54. The van der Waals surface area contributed by atoms with E-state index in [1.807, 2.05) is 7.05 Å². The first-order valence-corrected chi connectivity index (χ1v) is 15.0. The molecule has 2 aromatic rings. The van der Waals surface area contributed by atoms with Gasteiger partial charge in [-0.05, 0) is 54.6 Å². The number of carbonyl (C=O) groups is 4. The zero-order chi connectivity index (χ0) is 31.1. The fourth-order valence-electron chi connectivity index (χ4n) is 5.72. The van der Waals surface area contributed by atoms with Gasteiger partial charge in [0.2, 0.25) is 17.7 Å². The van der Waals surface area contributed by atoms with Crippen molar-refractivity contribution in [3.8, 4) is 0 Å². The van der Waals surface area contributed by atoms with Gasteiger partial charge in [0.05, 0.1) is 5.69 Å². The van der Waals surface area contributed by atoms with Gasteiger partial charge in [0.1, 0.15) is 24.1 Å². The molecule has 2 aliphatic rings. The molecule has 0 radical (unpaired) electrons. The lowest BCUT2D eigenvalue weighted by molar-refractivity contribution is -0.138. The smallest absolute Gasteiger partial charge is 0.275 e. The lowest BCUT2D eigenvalue weighted by atomic mass is 9.79. The van der Waals surface area contributed by atoms with Crippen LogP contribution < -0.4 is 16.0 Å². The number of nitrogens with one attached hydrogen (secondary N) is 3. The predicted molar refractivity (Wildman–Crippen MR) is 156 cm³/mol. The molecule has 12 nitrogen and oxygen atoms in total. The van der Waals surface area contributed by atoms with Gasteiger partial charge in [0, 0.05) is 38.5 Å². The molecule has 4 amide bonds. The van der Waals surface area contributed by atoms with E-state index >= 15 is 4.39 Å². The van der Waals surface area contributed by atoms with E-state index in [4.69, 9.17) is 0 Å². The molecule has 3 atom stereocenters. The van der Waals surface area contributed by atoms with Crippen molar-refractivity contribution in [2.24, 2.45) is 11.8 Å². The number of piperazine rings is 1. The Kier molecular flexibility index (Phi) is 10.8. The average Bonchev–Trinajstić information content (AvgIpc) is 3.55. The van der Waals surface area contributed by atoms with Crippen molar-refractivity contribution in [1.29, 1.82) is 0 Å². The number of aromatic nitrogens is 2. The molecule has 2 heterocycles. The minimum absolute atomic E-state index is 0.0491. The lowest BCUT2D eigenvalue weighted by Crippen LogP contribution is -2.55. The van der Waals surface area contributed by atoms with Crippen LogP contribution in [0.1, 0.15) is 74.8 Å². The summed E-state index contributed by atoms with van der Waals surface area (Å²) in [6, 6.07) is 2.59. The van der Waals surface area contributed by atoms with E-state index in [1.165, 1.54) is 12.1 Å². The molecule has 2 fully saturated rings. The Bertz CT molecular complexity index is 1270. The normalized spacial score (nSPS) is 21.4. The molecule has 43 heavy (non-hydrogen) atoms. The SMILES string of the molecule is CCC(=O)N[C@@H](C(=O)N1CCN(C)CC1)[C@@H](C)c1ccc(NC(=O)[C@@H](NC(=O)c2cnon2)[C@H]2CC[C@H](C)CC2)c(F)c1. The van der Waals surface area contributed by atoms with Gasteiger partial charge >= 0.3 is 0 Å². The van der Waals surface area contributed by atoms with Crippen LogP contribution in [0.3, 0.4) is 0 Å². The van der Waals surface area contributed by atoms with Crippen LogP contribution in [0.25, 0.3) is 0 Å². The summed E-state index contributed by atoms with van der Waals surface area (Å²) < 4.78 is 20.0. The summed E-state index contributed by atoms with van der Waals surface area (Å²) >= 11 is 0. The summed E-state index contributed by atoms with van der Waals surface area (Å²) in [7, 11) is 1.99. The van der Waals surface area contributed by atoms with Crippen LogP contribution in [-0.2, 0) is 14.4 Å². The van der Waals surface area contributed by atoms with Crippen molar-refractivity contribution < 1.29 is 28.2 Å². The number of benzene rings is 1. The Labute approximate surface area is 251 Å². The monoisotopic (exact) mass is 599 g/mol. The summed E-state index contributed by atoms with van der Waals surface area (Å²) in [5.74, 6) is -2.44. The van der Waals surface area contributed by atoms with E-state index in [2.05, 4.69) is 42.7 Å². The second-order valence-corrected chi connectivity index (χ2v) is 11.8. The van der Waals surface area contributed by atoms with Crippen molar-refractivity contribution in [3.05, 3.63) is 41.5 Å². The molecular weight excluding hydrogens is 557 g/mol. The third-order valence-corrected chi connectivity index (χ3v) is 8.69. The van der Waals surface area contributed by atoms with Crippen molar-refractivity contribution in [2.45, 2.75) is 70.9 Å². The molecule has 3 N–H and O–H groups in total. The molecule has 1 aliphatic heterocycles. The van der Waals surface area contributed by atoms with Crippen molar-refractivity contribution in [3.63, 3.8) is 0 Å². The van der Waals surface area contributed by atoms with Crippen LogP contribution in [0.5, 0.6) is 0 Å². The number of nitrogens with zero attached hydrogens (tertiary/aromatic N) is 4. The molecule has 234 valence electrons. The first-order chi connectivity index (χ1) is 20.6. The van der Waals surface area contributed by atoms with Crippen LogP contribution in [0.4, 0.5) is 10.1 Å². The molecule has 0 unspecified atom stereocenters. The summed E-state index contributed by atoms with van der Waals surface area (Å²) in [5, 5.41) is 15.2. The third-order valence-electron chi connectivity index (χ3n) is 8.69. The molecule has 1 aromatic heterocycles. The van der Waals surface area contributed by atoms with Gasteiger partial charge in [-0.3, -0.25) is 19.2 Å².